The van der Waals surface area contributed by atoms with Gasteiger partial charge in [0.15, 0.2) is 0 Å². The summed E-state index contributed by atoms with van der Waals surface area (Å²) < 4.78 is 0. The van der Waals surface area contributed by atoms with Crippen LogP contribution in [0.25, 0.3) is 0 Å². The molecular formula is C15H24N2O2. The van der Waals surface area contributed by atoms with E-state index in [1.807, 2.05) is 44.2 Å². The number of carbonyl (C=O) groups is 1. The number of hydrogen-bond donors (Lipinski definition) is 2. The summed E-state index contributed by atoms with van der Waals surface area (Å²) in [6.07, 6.45) is 0.991. The molecule has 1 aromatic rings. The lowest BCUT2D eigenvalue weighted by molar-refractivity contribution is -0.136. The lowest BCUT2D eigenvalue weighted by atomic mass is 10.0. The standard InChI is InChI=1S/C15H24N2O2/c1-15(2,11-18)17(3)14(19)10-9-13(16)12-7-5-4-6-8-12/h4-8,13,18H,9-11,16H2,1-3H3. The molecule has 0 fully saturated rings. The fraction of sp³-hybridized carbons (Fsp3) is 0.533. The fourth-order valence-corrected chi connectivity index (χ4v) is 1.76. The van der Waals surface area contributed by atoms with Crippen LogP contribution in [0.3, 0.4) is 0 Å². The van der Waals surface area contributed by atoms with Crippen LogP contribution in [0.15, 0.2) is 30.3 Å². The molecule has 0 aliphatic heterocycles. The number of nitrogens with two attached hydrogens (primary N) is 1. The number of hydrogen-bond acceptors (Lipinski definition) is 3. The lowest BCUT2D eigenvalue weighted by Crippen LogP contribution is -2.47. The number of carbonyl (C=O) groups excluding carboxylic acids is 1. The van der Waals surface area contributed by atoms with Gasteiger partial charge in [-0.05, 0) is 25.8 Å². The molecule has 1 aromatic carbocycles. The summed E-state index contributed by atoms with van der Waals surface area (Å²) in [7, 11) is 1.71. The van der Waals surface area contributed by atoms with Crippen LogP contribution in [0.1, 0.15) is 38.3 Å². The number of amides is 1. The maximum atomic E-state index is 12.0. The molecule has 4 heteroatoms. The number of benzene rings is 1. The molecule has 0 aliphatic carbocycles. The molecule has 0 radical (unpaired) electrons. The first-order valence-corrected chi connectivity index (χ1v) is 6.56. The zero-order chi connectivity index (χ0) is 14.5. The predicted molar refractivity (Wildman–Crippen MR) is 76.5 cm³/mol. The van der Waals surface area contributed by atoms with Gasteiger partial charge < -0.3 is 15.7 Å². The van der Waals surface area contributed by atoms with Gasteiger partial charge in [-0.1, -0.05) is 30.3 Å². The molecule has 1 rings (SSSR count). The summed E-state index contributed by atoms with van der Waals surface area (Å²) in [6.45, 7) is 3.62. The van der Waals surface area contributed by atoms with E-state index in [2.05, 4.69) is 0 Å². The first kappa shape index (κ1) is 15.7. The molecule has 0 aliphatic rings. The van der Waals surface area contributed by atoms with Crippen molar-refractivity contribution in [2.24, 2.45) is 5.73 Å². The third-order valence-corrected chi connectivity index (χ3v) is 3.57. The van der Waals surface area contributed by atoms with Crippen LogP contribution < -0.4 is 5.73 Å². The molecule has 0 spiro atoms. The maximum Gasteiger partial charge on any atom is 0.222 e. The first-order chi connectivity index (χ1) is 8.88. The van der Waals surface area contributed by atoms with Gasteiger partial charge in [0, 0.05) is 19.5 Å². The minimum Gasteiger partial charge on any atom is -0.394 e. The Balaban J connectivity index is 2.51. The van der Waals surface area contributed by atoms with Crippen LogP contribution >= 0.6 is 0 Å². The quantitative estimate of drug-likeness (QED) is 0.821. The van der Waals surface area contributed by atoms with Gasteiger partial charge in [-0.15, -0.1) is 0 Å². The Kier molecular flexibility index (Phi) is 5.51. The second-order valence-corrected chi connectivity index (χ2v) is 5.48. The highest BCUT2D eigenvalue weighted by Crippen LogP contribution is 2.18. The average Bonchev–Trinajstić information content (AvgIpc) is 2.44. The Morgan fingerprint density at radius 1 is 1.37 bits per heavy atom. The van der Waals surface area contributed by atoms with Crippen molar-refractivity contribution >= 4 is 5.91 Å². The largest absolute Gasteiger partial charge is 0.394 e. The van der Waals surface area contributed by atoms with E-state index >= 15 is 0 Å². The third kappa shape index (κ3) is 4.33. The van der Waals surface area contributed by atoms with E-state index in [4.69, 9.17) is 5.73 Å². The smallest absolute Gasteiger partial charge is 0.222 e. The van der Waals surface area contributed by atoms with Gasteiger partial charge in [-0.2, -0.15) is 0 Å². The van der Waals surface area contributed by atoms with Crippen LogP contribution in [0.2, 0.25) is 0 Å². The van der Waals surface area contributed by atoms with E-state index in [9.17, 15) is 9.90 Å². The zero-order valence-electron chi connectivity index (χ0n) is 12.0. The van der Waals surface area contributed by atoms with E-state index in [1.165, 1.54) is 0 Å². The Morgan fingerprint density at radius 3 is 2.47 bits per heavy atom. The molecular weight excluding hydrogens is 240 g/mol. The number of aliphatic hydroxyl groups excluding tert-OH is 1. The minimum atomic E-state index is -0.534. The van der Waals surface area contributed by atoms with E-state index in [1.54, 1.807) is 11.9 Å². The van der Waals surface area contributed by atoms with Crippen LogP contribution in [0, 0.1) is 0 Å². The number of rotatable bonds is 6. The minimum absolute atomic E-state index is 0.00503. The van der Waals surface area contributed by atoms with Crippen molar-refractivity contribution in [2.75, 3.05) is 13.7 Å². The topological polar surface area (TPSA) is 66.6 Å². The van der Waals surface area contributed by atoms with Gasteiger partial charge >= 0.3 is 0 Å². The van der Waals surface area contributed by atoms with Crippen molar-refractivity contribution in [3.63, 3.8) is 0 Å². The highest BCUT2D eigenvalue weighted by molar-refractivity contribution is 5.76. The summed E-state index contributed by atoms with van der Waals surface area (Å²) in [5.41, 5.74) is 6.57. The van der Waals surface area contributed by atoms with Crippen LogP contribution in [-0.2, 0) is 4.79 Å². The van der Waals surface area contributed by atoms with Crippen LogP contribution in [0.5, 0.6) is 0 Å². The van der Waals surface area contributed by atoms with E-state index < -0.39 is 5.54 Å². The zero-order valence-corrected chi connectivity index (χ0v) is 12.0. The average molecular weight is 264 g/mol. The molecule has 106 valence electrons. The Labute approximate surface area is 115 Å². The molecule has 0 saturated carbocycles. The fourth-order valence-electron chi connectivity index (χ4n) is 1.76. The van der Waals surface area contributed by atoms with E-state index in [0.717, 1.165) is 5.56 Å². The Hall–Kier alpha value is -1.39. The highest BCUT2D eigenvalue weighted by atomic mass is 16.3. The van der Waals surface area contributed by atoms with E-state index in [-0.39, 0.29) is 18.6 Å². The van der Waals surface area contributed by atoms with Gasteiger partial charge in [0.2, 0.25) is 5.91 Å². The Morgan fingerprint density at radius 2 is 1.95 bits per heavy atom. The van der Waals surface area contributed by atoms with Gasteiger partial charge in [0.1, 0.15) is 0 Å². The van der Waals surface area contributed by atoms with Crippen molar-refractivity contribution < 1.29 is 9.90 Å². The normalized spacial score (nSPS) is 13.1. The summed E-state index contributed by atoms with van der Waals surface area (Å²) in [5.74, 6) is 0.00503. The maximum absolute atomic E-state index is 12.0. The SMILES string of the molecule is CN(C(=O)CCC(N)c1ccccc1)C(C)(C)CO. The van der Waals surface area contributed by atoms with Gasteiger partial charge in [0.05, 0.1) is 12.1 Å². The third-order valence-electron chi connectivity index (χ3n) is 3.57. The van der Waals surface area contributed by atoms with Crippen molar-refractivity contribution in [2.45, 2.75) is 38.3 Å². The van der Waals surface area contributed by atoms with Crippen molar-refractivity contribution in [1.29, 1.82) is 0 Å². The monoisotopic (exact) mass is 264 g/mol. The highest BCUT2D eigenvalue weighted by Gasteiger charge is 2.26. The number of likely N-dealkylation sites (N-methyl/N-ethyl adjacent to an activating group) is 1. The summed E-state index contributed by atoms with van der Waals surface area (Å²) in [6, 6.07) is 9.64. The number of nitrogens with zero attached hydrogens (tertiary/aromatic N) is 1. The van der Waals surface area contributed by atoms with Crippen molar-refractivity contribution in [3.8, 4) is 0 Å². The second kappa shape index (κ2) is 6.68. The van der Waals surface area contributed by atoms with Gasteiger partial charge in [-0.25, -0.2) is 0 Å². The molecule has 0 bridgehead atoms. The predicted octanol–water partition coefficient (Wildman–Crippen LogP) is 1.70. The molecule has 0 saturated heterocycles. The second-order valence-electron chi connectivity index (χ2n) is 5.48. The molecule has 0 aromatic heterocycles. The van der Waals surface area contributed by atoms with Crippen LogP contribution in [-0.4, -0.2) is 35.1 Å². The first-order valence-electron chi connectivity index (χ1n) is 6.56. The van der Waals surface area contributed by atoms with Gasteiger partial charge in [0.25, 0.3) is 0 Å². The molecule has 1 unspecified atom stereocenters. The summed E-state index contributed by atoms with van der Waals surface area (Å²) >= 11 is 0. The van der Waals surface area contributed by atoms with Crippen LogP contribution in [0.4, 0.5) is 0 Å². The molecule has 1 amide bonds. The molecule has 19 heavy (non-hydrogen) atoms. The van der Waals surface area contributed by atoms with Crippen molar-refractivity contribution in [1.82, 2.24) is 4.90 Å². The summed E-state index contributed by atoms with van der Waals surface area (Å²) in [4.78, 5) is 13.6. The van der Waals surface area contributed by atoms with Gasteiger partial charge in [-0.3, -0.25) is 4.79 Å². The Bertz CT molecular complexity index is 404. The lowest BCUT2D eigenvalue weighted by Gasteiger charge is -2.34. The molecule has 1 atom stereocenters. The molecule has 0 heterocycles. The number of aliphatic hydroxyl groups is 1. The molecule has 3 N–H and O–H groups in total. The van der Waals surface area contributed by atoms with E-state index in [0.29, 0.717) is 12.8 Å². The van der Waals surface area contributed by atoms with Crippen molar-refractivity contribution in [3.05, 3.63) is 35.9 Å². The molecule has 4 nitrogen and oxygen atoms in total. The summed E-state index contributed by atoms with van der Waals surface area (Å²) in [5, 5.41) is 9.25.